The van der Waals surface area contributed by atoms with Gasteiger partial charge in [-0.05, 0) is 35.6 Å². The molecule has 0 fully saturated rings. The second-order valence-electron chi connectivity index (χ2n) is 5.01. The van der Waals surface area contributed by atoms with E-state index < -0.39 is 0 Å². The van der Waals surface area contributed by atoms with Gasteiger partial charge in [0.2, 0.25) is 5.28 Å². The lowest BCUT2D eigenvalue weighted by Crippen LogP contribution is -1.93. The Morgan fingerprint density at radius 1 is 1.12 bits per heavy atom. The molecule has 0 aliphatic carbocycles. The molecular formula is C17H10ClN5S. The summed E-state index contributed by atoms with van der Waals surface area (Å²) in [5.74, 6) is 6.76. The van der Waals surface area contributed by atoms with E-state index in [9.17, 15) is 0 Å². The maximum Gasteiger partial charge on any atom is 0.224 e. The fraction of sp³-hybridized carbons (Fsp3) is 0.0588. The summed E-state index contributed by atoms with van der Waals surface area (Å²) < 4.78 is 1.87. The van der Waals surface area contributed by atoms with Crippen molar-refractivity contribution in [3.8, 4) is 22.5 Å². The van der Waals surface area contributed by atoms with E-state index in [1.165, 1.54) is 0 Å². The molecule has 3 aromatic heterocycles. The minimum atomic E-state index is 0.182. The number of hydrogen-bond acceptors (Lipinski definition) is 5. The molecule has 0 N–H and O–H groups in total. The maximum absolute atomic E-state index is 5.99. The zero-order chi connectivity index (χ0) is 16.5. The highest BCUT2D eigenvalue weighted by atomic mass is 35.5. The minimum Gasteiger partial charge on any atom is -0.327 e. The van der Waals surface area contributed by atoms with Crippen LogP contribution in [0.15, 0.2) is 42.0 Å². The molecule has 116 valence electrons. The van der Waals surface area contributed by atoms with E-state index in [0.29, 0.717) is 11.5 Å². The summed E-state index contributed by atoms with van der Waals surface area (Å²) in [5.41, 5.74) is 2.16. The molecular weight excluding hydrogens is 342 g/mol. The molecule has 0 saturated carbocycles. The van der Waals surface area contributed by atoms with Gasteiger partial charge in [-0.15, -0.1) is 11.3 Å². The molecule has 5 nitrogen and oxygen atoms in total. The highest BCUT2D eigenvalue weighted by Gasteiger charge is 2.08. The number of aromatic nitrogens is 5. The van der Waals surface area contributed by atoms with Crippen LogP contribution in [-0.2, 0) is 7.05 Å². The van der Waals surface area contributed by atoms with Gasteiger partial charge in [0.05, 0.1) is 5.52 Å². The zero-order valence-electron chi connectivity index (χ0n) is 12.6. The summed E-state index contributed by atoms with van der Waals surface area (Å²) in [6.45, 7) is 0. The normalized spacial score (nSPS) is 10.6. The summed E-state index contributed by atoms with van der Waals surface area (Å²) >= 11 is 7.53. The number of para-hydroxylation sites is 1. The summed E-state index contributed by atoms with van der Waals surface area (Å²) in [6, 6.07) is 7.64. The molecule has 24 heavy (non-hydrogen) atoms. The Labute approximate surface area is 147 Å². The molecule has 0 amide bonds. The second kappa shape index (κ2) is 6.04. The predicted molar refractivity (Wildman–Crippen MR) is 94.8 cm³/mol. The van der Waals surface area contributed by atoms with Crippen molar-refractivity contribution in [1.29, 1.82) is 0 Å². The van der Waals surface area contributed by atoms with E-state index in [1.54, 1.807) is 17.5 Å². The fourth-order valence-electron chi connectivity index (χ4n) is 2.29. The predicted octanol–water partition coefficient (Wildman–Crippen LogP) is 3.54. The SMILES string of the molecule is Cn1cc(-c2nccs2)nc1C#Cc1nc(Cl)nc2ccccc12. The van der Waals surface area contributed by atoms with Gasteiger partial charge in [-0.3, -0.25) is 0 Å². The molecule has 4 aromatic rings. The van der Waals surface area contributed by atoms with Crippen molar-refractivity contribution < 1.29 is 0 Å². The van der Waals surface area contributed by atoms with Gasteiger partial charge >= 0.3 is 0 Å². The largest absolute Gasteiger partial charge is 0.327 e. The average molecular weight is 352 g/mol. The minimum absolute atomic E-state index is 0.182. The first-order valence-electron chi connectivity index (χ1n) is 7.08. The van der Waals surface area contributed by atoms with Crippen molar-refractivity contribution in [1.82, 2.24) is 24.5 Å². The van der Waals surface area contributed by atoms with Gasteiger partial charge < -0.3 is 4.57 Å². The van der Waals surface area contributed by atoms with Gasteiger partial charge in [0.25, 0.3) is 0 Å². The summed E-state index contributed by atoms with van der Waals surface area (Å²) in [4.78, 5) is 17.2. The van der Waals surface area contributed by atoms with Crippen molar-refractivity contribution in [3.05, 3.63) is 58.8 Å². The number of rotatable bonds is 1. The number of thiazole rings is 1. The number of hydrogen-bond donors (Lipinski definition) is 0. The van der Waals surface area contributed by atoms with Gasteiger partial charge in [-0.2, -0.15) is 0 Å². The first kappa shape index (κ1) is 14.8. The van der Waals surface area contributed by atoms with E-state index >= 15 is 0 Å². The van der Waals surface area contributed by atoms with E-state index in [-0.39, 0.29) is 5.28 Å². The van der Waals surface area contributed by atoms with Crippen LogP contribution in [0.25, 0.3) is 21.6 Å². The molecule has 0 aliphatic rings. The Bertz CT molecular complexity index is 1090. The Hall–Kier alpha value is -2.75. The molecule has 3 heterocycles. The van der Waals surface area contributed by atoms with Crippen LogP contribution in [0.2, 0.25) is 5.28 Å². The first-order valence-corrected chi connectivity index (χ1v) is 8.34. The average Bonchev–Trinajstić information content (AvgIpc) is 3.22. The van der Waals surface area contributed by atoms with Gasteiger partial charge in [0.15, 0.2) is 5.82 Å². The number of aryl methyl sites for hydroxylation is 1. The lowest BCUT2D eigenvalue weighted by atomic mass is 10.2. The third-order valence-electron chi connectivity index (χ3n) is 3.40. The van der Waals surface area contributed by atoms with Crippen molar-refractivity contribution in [3.63, 3.8) is 0 Å². The summed E-state index contributed by atoms with van der Waals surface area (Å²) in [5, 5.41) is 3.84. The maximum atomic E-state index is 5.99. The molecule has 7 heteroatoms. The topological polar surface area (TPSA) is 56.5 Å². The second-order valence-corrected chi connectivity index (χ2v) is 6.24. The highest BCUT2D eigenvalue weighted by molar-refractivity contribution is 7.13. The number of nitrogens with zero attached hydrogens (tertiary/aromatic N) is 5. The van der Waals surface area contributed by atoms with Crippen molar-refractivity contribution in [2.45, 2.75) is 0 Å². The first-order chi connectivity index (χ1) is 11.7. The number of imidazole rings is 1. The fourth-order valence-corrected chi connectivity index (χ4v) is 3.06. The molecule has 0 unspecified atom stereocenters. The third kappa shape index (κ3) is 2.75. The van der Waals surface area contributed by atoms with E-state index in [1.807, 2.05) is 47.5 Å². The number of halogens is 1. The highest BCUT2D eigenvalue weighted by Crippen LogP contribution is 2.20. The van der Waals surface area contributed by atoms with Crippen LogP contribution in [-0.4, -0.2) is 24.5 Å². The van der Waals surface area contributed by atoms with Gasteiger partial charge in [-0.25, -0.2) is 19.9 Å². The van der Waals surface area contributed by atoms with E-state index in [0.717, 1.165) is 21.6 Å². The molecule has 4 rings (SSSR count). The summed E-state index contributed by atoms with van der Waals surface area (Å²) in [7, 11) is 1.90. The van der Waals surface area contributed by atoms with Crippen LogP contribution in [0.1, 0.15) is 11.5 Å². The lowest BCUT2D eigenvalue weighted by molar-refractivity contribution is 0.893. The quantitative estimate of drug-likeness (QED) is 0.389. The molecule has 0 radical (unpaired) electrons. The van der Waals surface area contributed by atoms with Crippen LogP contribution in [0.5, 0.6) is 0 Å². The molecule has 0 aliphatic heterocycles. The third-order valence-corrected chi connectivity index (χ3v) is 4.36. The molecule has 0 saturated heterocycles. The van der Waals surface area contributed by atoms with E-state index in [2.05, 4.69) is 31.8 Å². The Morgan fingerprint density at radius 3 is 2.83 bits per heavy atom. The summed E-state index contributed by atoms with van der Waals surface area (Å²) in [6.07, 6.45) is 3.67. The number of benzene rings is 1. The van der Waals surface area contributed by atoms with Crippen molar-refractivity contribution >= 4 is 33.8 Å². The molecule has 0 atom stereocenters. The van der Waals surface area contributed by atoms with Crippen molar-refractivity contribution in [2.24, 2.45) is 7.05 Å². The van der Waals surface area contributed by atoms with Crippen molar-refractivity contribution in [2.75, 3.05) is 0 Å². The monoisotopic (exact) mass is 351 g/mol. The van der Waals surface area contributed by atoms with Crippen LogP contribution in [0, 0.1) is 11.8 Å². The van der Waals surface area contributed by atoms with Gasteiger partial charge in [-0.1, -0.05) is 12.1 Å². The lowest BCUT2D eigenvalue weighted by Gasteiger charge is -1.99. The molecule has 0 bridgehead atoms. The van der Waals surface area contributed by atoms with E-state index in [4.69, 9.17) is 11.6 Å². The zero-order valence-corrected chi connectivity index (χ0v) is 14.1. The molecule has 0 spiro atoms. The van der Waals surface area contributed by atoms with Gasteiger partial charge in [0.1, 0.15) is 16.4 Å². The van der Waals surface area contributed by atoms with Crippen LogP contribution < -0.4 is 0 Å². The van der Waals surface area contributed by atoms with Crippen LogP contribution in [0.3, 0.4) is 0 Å². The molecule has 1 aromatic carbocycles. The smallest absolute Gasteiger partial charge is 0.224 e. The number of fused-ring (bicyclic) bond motifs is 1. The van der Waals surface area contributed by atoms with Crippen LogP contribution in [0.4, 0.5) is 0 Å². The Kier molecular flexibility index (Phi) is 3.73. The van der Waals surface area contributed by atoms with Gasteiger partial charge in [0, 0.05) is 30.2 Å². The Balaban J connectivity index is 1.78. The Morgan fingerprint density at radius 2 is 2.00 bits per heavy atom. The van der Waals surface area contributed by atoms with Crippen LogP contribution >= 0.6 is 22.9 Å². The standard InChI is InChI=1S/C17H10ClN5S/c1-23-10-14(16-19-8-9-24-16)20-15(23)7-6-13-11-4-2-3-5-12(11)21-17(18)22-13/h2-5,8-10H,1H3.